The number of hydrogen-bond donors (Lipinski definition) is 0. The van der Waals surface area contributed by atoms with Crippen LogP contribution in [0.2, 0.25) is 0 Å². The molecule has 28 heavy (non-hydrogen) atoms. The van der Waals surface area contributed by atoms with Crippen LogP contribution in [0.5, 0.6) is 0 Å². The molecule has 0 heterocycles. The summed E-state index contributed by atoms with van der Waals surface area (Å²) < 4.78 is 0. The van der Waals surface area contributed by atoms with E-state index in [2.05, 4.69) is 67.5 Å². The van der Waals surface area contributed by atoms with Crippen LogP contribution in [0.4, 0.5) is 0 Å². The fourth-order valence-corrected chi connectivity index (χ4v) is 4.68. The van der Waals surface area contributed by atoms with E-state index < -0.39 is 0 Å². The van der Waals surface area contributed by atoms with Crippen LogP contribution in [-0.4, -0.2) is 0 Å². The van der Waals surface area contributed by atoms with Gasteiger partial charge in [-0.05, 0) is 48.3 Å². The zero-order chi connectivity index (χ0) is 21.4. The van der Waals surface area contributed by atoms with Gasteiger partial charge >= 0.3 is 0 Å². The van der Waals surface area contributed by atoms with Crippen LogP contribution in [-0.2, 0) is 0 Å². The summed E-state index contributed by atoms with van der Waals surface area (Å²) in [5.74, 6) is 3.41. The van der Waals surface area contributed by atoms with Gasteiger partial charge in [0.2, 0.25) is 0 Å². The molecule has 0 saturated heterocycles. The van der Waals surface area contributed by atoms with Crippen LogP contribution in [0, 0.1) is 29.1 Å². The van der Waals surface area contributed by atoms with Crippen LogP contribution < -0.4 is 0 Å². The minimum atomic E-state index is 0.395. The Hall–Kier alpha value is -0.260. The van der Waals surface area contributed by atoms with Crippen molar-refractivity contribution >= 4 is 0 Å². The van der Waals surface area contributed by atoms with Gasteiger partial charge in [-0.15, -0.1) is 0 Å². The Balaban J connectivity index is 4.90. The summed E-state index contributed by atoms with van der Waals surface area (Å²) in [5, 5.41) is 0. The van der Waals surface area contributed by atoms with E-state index in [0.717, 1.165) is 23.7 Å². The summed E-state index contributed by atoms with van der Waals surface area (Å²) in [6.07, 6.45) is 22.9. The van der Waals surface area contributed by atoms with Gasteiger partial charge in [-0.25, -0.2) is 0 Å². The van der Waals surface area contributed by atoms with E-state index in [9.17, 15) is 0 Å². The molecule has 0 saturated carbocycles. The monoisotopic (exact) mass is 392 g/mol. The molecule has 4 unspecified atom stereocenters. The van der Waals surface area contributed by atoms with Crippen molar-refractivity contribution in [2.45, 2.75) is 139 Å². The van der Waals surface area contributed by atoms with Gasteiger partial charge < -0.3 is 0 Å². The Labute approximate surface area is 180 Å². The van der Waals surface area contributed by atoms with Crippen LogP contribution >= 0.6 is 0 Å². The molecule has 0 rings (SSSR count). The number of rotatable bonds is 18. The Morgan fingerprint density at radius 3 is 1.96 bits per heavy atom. The summed E-state index contributed by atoms with van der Waals surface area (Å²) >= 11 is 0. The van der Waals surface area contributed by atoms with Crippen molar-refractivity contribution in [1.82, 2.24) is 0 Å². The molecular weight excluding hydrogens is 336 g/mol. The summed E-state index contributed by atoms with van der Waals surface area (Å²) in [5.41, 5.74) is 0.395. The number of allylic oxidation sites excluding steroid dienone is 2. The standard InChI is InChI=1S/C28H56/c1-9-12-15-18-25(6)19-17-20-27(26(7)24(4)5)23-28(8,21-14-11-3)22-16-13-10-2/h16,22,24-27H,9-15,17-21,23H2,1-8H3. The molecule has 0 nitrogen and oxygen atoms in total. The molecule has 0 aromatic carbocycles. The second-order valence-corrected chi connectivity index (χ2v) is 10.5. The quantitative estimate of drug-likeness (QED) is 0.161. The molecule has 0 aliphatic rings. The molecule has 0 aromatic rings. The van der Waals surface area contributed by atoms with E-state index >= 15 is 0 Å². The third kappa shape index (κ3) is 13.1. The van der Waals surface area contributed by atoms with Gasteiger partial charge in [0, 0.05) is 0 Å². The molecule has 0 aliphatic heterocycles. The highest BCUT2D eigenvalue weighted by atomic mass is 14.3. The smallest absolute Gasteiger partial charge is 0.0144 e. The largest absolute Gasteiger partial charge is 0.0880 e. The predicted octanol–water partition coefficient (Wildman–Crippen LogP) is 10.2. The first kappa shape index (κ1) is 27.7. The first-order chi connectivity index (χ1) is 13.3. The molecule has 0 heteroatoms. The van der Waals surface area contributed by atoms with Gasteiger partial charge in [0.05, 0.1) is 0 Å². The SMILES string of the molecule is CCCC=CC(C)(CCCC)CC(CCCC(C)CCCCC)C(C)C(C)C. The van der Waals surface area contributed by atoms with Crippen LogP contribution in [0.3, 0.4) is 0 Å². The fraction of sp³-hybridized carbons (Fsp3) is 0.929. The molecular formula is C28H56. The summed E-state index contributed by atoms with van der Waals surface area (Å²) in [4.78, 5) is 0. The van der Waals surface area contributed by atoms with Gasteiger partial charge in [0.1, 0.15) is 0 Å². The van der Waals surface area contributed by atoms with E-state index in [-0.39, 0.29) is 0 Å². The zero-order valence-corrected chi connectivity index (χ0v) is 21.2. The zero-order valence-electron chi connectivity index (χ0n) is 21.2. The van der Waals surface area contributed by atoms with E-state index in [4.69, 9.17) is 0 Å². The lowest BCUT2D eigenvalue weighted by molar-refractivity contribution is 0.176. The van der Waals surface area contributed by atoms with E-state index in [0.29, 0.717) is 5.41 Å². The van der Waals surface area contributed by atoms with Crippen molar-refractivity contribution in [3.05, 3.63) is 12.2 Å². The van der Waals surface area contributed by atoms with Crippen LogP contribution in [0.1, 0.15) is 139 Å². The first-order valence-electron chi connectivity index (χ1n) is 13.0. The maximum Gasteiger partial charge on any atom is -0.0144 e. The lowest BCUT2D eigenvalue weighted by Gasteiger charge is -2.36. The fourth-order valence-electron chi connectivity index (χ4n) is 4.68. The minimum absolute atomic E-state index is 0.395. The van der Waals surface area contributed by atoms with Gasteiger partial charge in [0.25, 0.3) is 0 Å². The van der Waals surface area contributed by atoms with E-state index in [1.165, 1.54) is 83.5 Å². The highest BCUT2D eigenvalue weighted by molar-refractivity contribution is 4.98. The van der Waals surface area contributed by atoms with Gasteiger partial charge in [-0.3, -0.25) is 0 Å². The highest BCUT2D eigenvalue weighted by Crippen LogP contribution is 2.40. The van der Waals surface area contributed by atoms with Crippen LogP contribution in [0.25, 0.3) is 0 Å². The molecule has 0 amide bonds. The lowest BCUT2D eigenvalue weighted by atomic mass is 9.69. The molecule has 0 spiro atoms. The topological polar surface area (TPSA) is 0 Å². The summed E-state index contributed by atoms with van der Waals surface area (Å²) in [6, 6.07) is 0. The van der Waals surface area contributed by atoms with Gasteiger partial charge in [-0.2, -0.15) is 0 Å². The second-order valence-electron chi connectivity index (χ2n) is 10.5. The van der Waals surface area contributed by atoms with E-state index in [1.54, 1.807) is 0 Å². The lowest BCUT2D eigenvalue weighted by Crippen LogP contribution is -2.25. The third-order valence-corrected chi connectivity index (χ3v) is 7.17. The summed E-state index contributed by atoms with van der Waals surface area (Å²) in [6.45, 7) is 19.4. The van der Waals surface area contributed by atoms with Crippen molar-refractivity contribution in [2.75, 3.05) is 0 Å². The highest BCUT2D eigenvalue weighted by Gasteiger charge is 2.29. The van der Waals surface area contributed by atoms with Crippen molar-refractivity contribution in [3.63, 3.8) is 0 Å². The third-order valence-electron chi connectivity index (χ3n) is 7.17. The Kier molecular flexibility index (Phi) is 16.4. The Morgan fingerprint density at radius 1 is 0.750 bits per heavy atom. The molecule has 4 atom stereocenters. The van der Waals surface area contributed by atoms with Gasteiger partial charge in [-0.1, -0.05) is 132 Å². The Morgan fingerprint density at radius 2 is 1.39 bits per heavy atom. The number of hydrogen-bond acceptors (Lipinski definition) is 0. The van der Waals surface area contributed by atoms with Crippen molar-refractivity contribution < 1.29 is 0 Å². The molecule has 0 radical (unpaired) electrons. The molecule has 0 aliphatic carbocycles. The van der Waals surface area contributed by atoms with Crippen LogP contribution in [0.15, 0.2) is 12.2 Å². The predicted molar refractivity (Wildman–Crippen MR) is 131 cm³/mol. The second kappa shape index (κ2) is 16.5. The Bertz CT molecular complexity index is 366. The average Bonchev–Trinajstić information content (AvgIpc) is 2.65. The van der Waals surface area contributed by atoms with E-state index in [1.807, 2.05) is 0 Å². The molecule has 0 N–H and O–H groups in total. The minimum Gasteiger partial charge on any atom is -0.0880 e. The number of unbranched alkanes of at least 4 members (excludes halogenated alkanes) is 4. The van der Waals surface area contributed by atoms with Crippen molar-refractivity contribution in [2.24, 2.45) is 29.1 Å². The maximum absolute atomic E-state index is 2.60. The summed E-state index contributed by atoms with van der Waals surface area (Å²) in [7, 11) is 0. The van der Waals surface area contributed by atoms with Gasteiger partial charge in [0.15, 0.2) is 0 Å². The molecule has 0 bridgehead atoms. The average molecular weight is 393 g/mol. The van der Waals surface area contributed by atoms with Crippen molar-refractivity contribution in [3.8, 4) is 0 Å². The van der Waals surface area contributed by atoms with Crippen molar-refractivity contribution in [1.29, 1.82) is 0 Å². The molecule has 168 valence electrons. The molecule has 0 fully saturated rings. The first-order valence-corrected chi connectivity index (χ1v) is 13.0. The maximum atomic E-state index is 2.60. The normalized spacial score (nSPS) is 17.8. The molecule has 0 aromatic heterocycles.